The van der Waals surface area contributed by atoms with Crippen LogP contribution in [0.2, 0.25) is 0 Å². The van der Waals surface area contributed by atoms with Crippen molar-refractivity contribution in [3.8, 4) is 0 Å². The maximum atomic E-state index is 14.2. The molecule has 0 radical (unpaired) electrons. The maximum Gasteiger partial charge on any atom is 0.173 e. The van der Waals surface area contributed by atoms with Gasteiger partial charge in [-0.2, -0.15) is 0 Å². The Hall–Kier alpha value is -1.33. The van der Waals surface area contributed by atoms with E-state index in [1.807, 2.05) is 24.3 Å². The van der Waals surface area contributed by atoms with Crippen molar-refractivity contribution in [2.24, 2.45) is 0 Å². The Morgan fingerprint density at radius 3 is 2.46 bits per heavy atom. The summed E-state index contributed by atoms with van der Waals surface area (Å²) in [5.41, 5.74) is 1.70. The zero-order valence-corrected chi connectivity index (χ0v) is 16.0. The van der Waals surface area contributed by atoms with Gasteiger partial charge in [-0.25, -0.2) is 4.39 Å². The molecule has 0 aromatic heterocycles. The van der Waals surface area contributed by atoms with Gasteiger partial charge in [0.1, 0.15) is 11.6 Å². The van der Waals surface area contributed by atoms with Crippen molar-refractivity contribution in [3.05, 3.63) is 67.9 Å². The van der Waals surface area contributed by atoms with Crippen molar-refractivity contribution < 1.29 is 14.0 Å². The fraction of sp³-hybridized carbons (Fsp3) is 0.263. The first-order chi connectivity index (χ1) is 11.5. The van der Waals surface area contributed by atoms with Crippen LogP contribution in [0.25, 0.3) is 0 Å². The Labute approximate surface area is 156 Å². The molecule has 0 saturated heterocycles. The summed E-state index contributed by atoms with van der Waals surface area (Å²) in [6.45, 7) is 0. The highest BCUT2D eigenvalue weighted by Crippen LogP contribution is 2.44. The average Bonchev–Trinajstić information content (AvgIpc) is 3.36. The van der Waals surface area contributed by atoms with E-state index in [-0.39, 0.29) is 24.2 Å². The first kappa shape index (κ1) is 17.5. The third-order valence-corrected chi connectivity index (χ3v) is 5.57. The normalized spacial score (nSPS) is 13.8. The minimum Gasteiger partial charge on any atom is -0.299 e. The number of hydrogen-bond donors (Lipinski definition) is 0. The summed E-state index contributed by atoms with van der Waals surface area (Å²) in [6.07, 6.45) is 1.95. The van der Waals surface area contributed by atoms with Crippen LogP contribution in [-0.4, -0.2) is 11.6 Å². The molecule has 0 spiro atoms. The second kappa shape index (κ2) is 7.28. The third-order valence-electron chi connectivity index (χ3n) is 4.11. The van der Waals surface area contributed by atoms with E-state index in [4.69, 9.17) is 0 Å². The summed E-state index contributed by atoms with van der Waals surface area (Å²) in [6, 6.07) is 10.3. The van der Waals surface area contributed by atoms with E-state index in [0.29, 0.717) is 5.92 Å². The third kappa shape index (κ3) is 4.01. The number of carbonyl (C=O) groups is 2. The minimum atomic E-state index is -0.543. The van der Waals surface area contributed by atoms with Crippen LogP contribution in [0.3, 0.4) is 0 Å². The Morgan fingerprint density at radius 2 is 1.79 bits per heavy atom. The molecule has 1 aliphatic carbocycles. The second-order valence-corrected chi connectivity index (χ2v) is 7.74. The highest BCUT2D eigenvalue weighted by molar-refractivity contribution is 9.10. The largest absolute Gasteiger partial charge is 0.299 e. The molecule has 0 atom stereocenters. The number of hydrogen-bond acceptors (Lipinski definition) is 2. The van der Waals surface area contributed by atoms with E-state index in [2.05, 4.69) is 31.9 Å². The molecule has 0 aliphatic heterocycles. The SMILES string of the molecule is O=C(CC(=O)c1cc(Br)c(C2CC2)cc1F)Cc1ccccc1Br. The quantitative estimate of drug-likeness (QED) is 0.420. The standard InChI is InChI=1S/C19H15Br2FO2/c20-16-4-2-1-3-12(16)7-13(23)8-19(24)15-9-17(21)14(10-18(15)22)11-5-6-11/h1-4,9-11H,5-8H2. The Bertz CT molecular complexity index is 813. The molecular weight excluding hydrogens is 439 g/mol. The van der Waals surface area contributed by atoms with Gasteiger partial charge in [0.25, 0.3) is 0 Å². The van der Waals surface area contributed by atoms with Crippen LogP contribution in [0.4, 0.5) is 4.39 Å². The molecule has 0 bridgehead atoms. The highest BCUT2D eigenvalue weighted by atomic mass is 79.9. The van der Waals surface area contributed by atoms with Gasteiger partial charge in [0.15, 0.2) is 5.78 Å². The van der Waals surface area contributed by atoms with Crippen LogP contribution >= 0.6 is 31.9 Å². The van der Waals surface area contributed by atoms with Gasteiger partial charge in [-0.3, -0.25) is 9.59 Å². The van der Waals surface area contributed by atoms with Gasteiger partial charge in [0.2, 0.25) is 0 Å². The first-order valence-corrected chi connectivity index (χ1v) is 9.31. The zero-order valence-electron chi connectivity index (χ0n) is 12.8. The second-order valence-electron chi connectivity index (χ2n) is 6.03. The fourth-order valence-electron chi connectivity index (χ4n) is 2.67. The molecule has 5 heteroatoms. The number of rotatable bonds is 6. The Kier molecular flexibility index (Phi) is 5.30. The Balaban J connectivity index is 1.71. The molecule has 1 fully saturated rings. The molecule has 0 heterocycles. The first-order valence-electron chi connectivity index (χ1n) is 7.73. The molecule has 1 aliphatic rings. The molecular formula is C19H15Br2FO2. The van der Waals surface area contributed by atoms with Crippen LogP contribution in [0.5, 0.6) is 0 Å². The lowest BCUT2D eigenvalue weighted by Crippen LogP contribution is -2.12. The Morgan fingerprint density at radius 1 is 1.08 bits per heavy atom. The fourth-order valence-corrected chi connectivity index (χ4v) is 3.77. The topological polar surface area (TPSA) is 34.1 Å². The highest BCUT2D eigenvalue weighted by Gasteiger charge is 2.28. The lowest BCUT2D eigenvalue weighted by Gasteiger charge is -2.08. The predicted molar refractivity (Wildman–Crippen MR) is 97.9 cm³/mol. The summed E-state index contributed by atoms with van der Waals surface area (Å²) in [5, 5.41) is 0. The molecule has 3 rings (SSSR count). The lowest BCUT2D eigenvalue weighted by molar-refractivity contribution is -0.117. The van der Waals surface area contributed by atoms with Crippen molar-refractivity contribution in [1.29, 1.82) is 0 Å². The van der Waals surface area contributed by atoms with E-state index < -0.39 is 11.6 Å². The van der Waals surface area contributed by atoms with Crippen molar-refractivity contribution in [3.63, 3.8) is 0 Å². The van der Waals surface area contributed by atoms with Crippen LogP contribution in [0.15, 0.2) is 45.3 Å². The van der Waals surface area contributed by atoms with E-state index in [1.54, 1.807) is 0 Å². The summed E-state index contributed by atoms with van der Waals surface area (Å²) in [5.74, 6) is -0.866. The van der Waals surface area contributed by atoms with E-state index >= 15 is 0 Å². The van der Waals surface area contributed by atoms with Crippen molar-refractivity contribution in [1.82, 2.24) is 0 Å². The molecule has 2 aromatic rings. The lowest BCUT2D eigenvalue weighted by atomic mass is 9.99. The number of ketones is 2. The van der Waals surface area contributed by atoms with E-state index in [9.17, 15) is 14.0 Å². The molecule has 1 saturated carbocycles. The predicted octanol–water partition coefficient (Wildman–Crippen LogP) is 5.61. The van der Waals surface area contributed by atoms with Gasteiger partial charge in [-0.15, -0.1) is 0 Å². The summed E-state index contributed by atoms with van der Waals surface area (Å²) in [7, 11) is 0. The number of Topliss-reactive ketones (excluding diaryl/α,β-unsaturated/α-hetero) is 2. The van der Waals surface area contributed by atoms with Gasteiger partial charge >= 0.3 is 0 Å². The maximum absolute atomic E-state index is 14.2. The van der Waals surface area contributed by atoms with Crippen LogP contribution in [0, 0.1) is 5.82 Å². The summed E-state index contributed by atoms with van der Waals surface area (Å²) in [4.78, 5) is 24.5. The van der Waals surface area contributed by atoms with Crippen molar-refractivity contribution >= 4 is 43.4 Å². The summed E-state index contributed by atoms with van der Waals surface area (Å²) >= 11 is 6.79. The minimum absolute atomic E-state index is 0.0215. The van der Waals surface area contributed by atoms with Crippen LogP contribution in [-0.2, 0) is 11.2 Å². The van der Waals surface area contributed by atoms with E-state index in [1.165, 1.54) is 12.1 Å². The van der Waals surface area contributed by atoms with Crippen molar-refractivity contribution in [2.75, 3.05) is 0 Å². The summed E-state index contributed by atoms with van der Waals surface area (Å²) < 4.78 is 15.8. The zero-order chi connectivity index (χ0) is 17.3. The van der Waals surface area contributed by atoms with Gasteiger partial charge in [-0.05, 0) is 48.1 Å². The van der Waals surface area contributed by atoms with Crippen LogP contribution < -0.4 is 0 Å². The number of carbonyl (C=O) groups excluding carboxylic acids is 2. The van der Waals surface area contributed by atoms with Gasteiger partial charge in [0.05, 0.1) is 12.0 Å². The molecule has 0 N–H and O–H groups in total. The van der Waals surface area contributed by atoms with Gasteiger partial charge in [-0.1, -0.05) is 50.1 Å². The molecule has 124 valence electrons. The molecule has 24 heavy (non-hydrogen) atoms. The molecule has 0 amide bonds. The molecule has 2 nitrogen and oxygen atoms in total. The smallest absolute Gasteiger partial charge is 0.173 e. The number of benzene rings is 2. The molecule has 2 aromatic carbocycles. The van der Waals surface area contributed by atoms with Gasteiger partial charge in [0, 0.05) is 15.4 Å². The number of halogens is 3. The average molecular weight is 454 g/mol. The van der Waals surface area contributed by atoms with Crippen molar-refractivity contribution in [2.45, 2.75) is 31.6 Å². The van der Waals surface area contributed by atoms with Crippen LogP contribution in [0.1, 0.15) is 46.7 Å². The molecule has 0 unspecified atom stereocenters. The monoisotopic (exact) mass is 452 g/mol. The van der Waals surface area contributed by atoms with E-state index in [0.717, 1.165) is 32.9 Å². The van der Waals surface area contributed by atoms with Gasteiger partial charge < -0.3 is 0 Å².